The molecule has 3 heteroatoms. The number of carbonyl (C=O) groups is 1. The third-order valence-electron chi connectivity index (χ3n) is 2.68. The molecule has 2 nitrogen and oxygen atoms in total. The molecule has 0 atom stereocenters. The minimum absolute atomic E-state index is 0.0307. The normalized spacial score (nSPS) is 11.3. The zero-order chi connectivity index (χ0) is 12.9. The maximum atomic E-state index is 10.9. The van der Waals surface area contributed by atoms with Crippen molar-refractivity contribution in [3.63, 3.8) is 0 Å². The topological polar surface area (TPSA) is 29.1 Å². The lowest BCUT2D eigenvalue weighted by molar-refractivity contribution is -0.118. The Morgan fingerprint density at radius 3 is 2.29 bits per heavy atom. The van der Waals surface area contributed by atoms with Crippen LogP contribution in [0.1, 0.15) is 31.9 Å². The molecule has 1 aromatic rings. The van der Waals surface area contributed by atoms with Crippen molar-refractivity contribution in [1.29, 1.82) is 0 Å². The first-order valence-electron chi connectivity index (χ1n) is 5.85. The van der Waals surface area contributed by atoms with E-state index in [-0.39, 0.29) is 17.2 Å². The summed E-state index contributed by atoms with van der Waals surface area (Å²) in [6.45, 7) is 7.23. The molecule has 0 spiro atoms. The van der Waals surface area contributed by atoms with Crippen molar-refractivity contribution in [3.05, 3.63) is 35.4 Å². The van der Waals surface area contributed by atoms with Gasteiger partial charge in [0.25, 0.3) is 0 Å². The molecular weight excluding hydrogens is 234 g/mol. The fourth-order valence-electron chi connectivity index (χ4n) is 1.56. The van der Waals surface area contributed by atoms with E-state index < -0.39 is 0 Å². The predicted octanol–water partition coefficient (Wildman–Crippen LogP) is 2.88. The maximum Gasteiger partial charge on any atom is 0.234 e. The van der Waals surface area contributed by atoms with E-state index in [1.807, 2.05) is 0 Å². The van der Waals surface area contributed by atoms with Crippen LogP contribution in [0.25, 0.3) is 0 Å². The summed E-state index contributed by atoms with van der Waals surface area (Å²) in [7, 11) is 0. The van der Waals surface area contributed by atoms with Gasteiger partial charge in [0, 0.05) is 6.54 Å². The van der Waals surface area contributed by atoms with Gasteiger partial charge in [-0.1, -0.05) is 45.0 Å². The van der Waals surface area contributed by atoms with Crippen LogP contribution in [0.5, 0.6) is 0 Å². The number of halogens is 1. The second kappa shape index (κ2) is 6.06. The highest BCUT2D eigenvalue weighted by Crippen LogP contribution is 2.22. The summed E-state index contributed by atoms with van der Waals surface area (Å²) in [5, 5.41) is 2.75. The Morgan fingerprint density at radius 1 is 1.24 bits per heavy atom. The SMILES string of the molecule is CC(C)(C)c1ccc(CCNC(=O)CCl)cc1. The van der Waals surface area contributed by atoms with Gasteiger partial charge in [0.05, 0.1) is 0 Å². The predicted molar refractivity (Wildman–Crippen MR) is 72.6 cm³/mol. The van der Waals surface area contributed by atoms with Crippen LogP contribution in [0.2, 0.25) is 0 Å². The summed E-state index contributed by atoms with van der Waals surface area (Å²) in [6, 6.07) is 8.54. The van der Waals surface area contributed by atoms with Gasteiger partial charge in [0.15, 0.2) is 0 Å². The van der Waals surface area contributed by atoms with Crippen LogP contribution in [0.3, 0.4) is 0 Å². The molecule has 94 valence electrons. The zero-order valence-corrected chi connectivity index (χ0v) is 11.5. The van der Waals surface area contributed by atoms with Crippen LogP contribution in [0, 0.1) is 0 Å². The molecule has 0 heterocycles. The van der Waals surface area contributed by atoms with Crippen molar-refractivity contribution in [1.82, 2.24) is 5.32 Å². The van der Waals surface area contributed by atoms with E-state index in [2.05, 4.69) is 50.4 Å². The molecule has 1 N–H and O–H groups in total. The summed E-state index contributed by atoms with van der Waals surface area (Å²) in [5.74, 6) is -0.0823. The standard InChI is InChI=1S/C14H20ClNO/c1-14(2,3)12-6-4-11(5-7-12)8-9-16-13(17)10-15/h4-7H,8-10H2,1-3H3,(H,16,17). The number of rotatable bonds is 4. The number of hydrogen-bond donors (Lipinski definition) is 1. The Hall–Kier alpha value is -1.02. The monoisotopic (exact) mass is 253 g/mol. The van der Waals surface area contributed by atoms with Gasteiger partial charge in [-0.05, 0) is 23.0 Å². The third kappa shape index (κ3) is 4.78. The van der Waals surface area contributed by atoms with E-state index >= 15 is 0 Å². The minimum atomic E-state index is -0.113. The van der Waals surface area contributed by atoms with Gasteiger partial charge in [-0.2, -0.15) is 0 Å². The summed E-state index contributed by atoms with van der Waals surface area (Å²) >= 11 is 5.39. The maximum absolute atomic E-state index is 10.9. The van der Waals surface area contributed by atoms with E-state index in [0.717, 1.165) is 6.42 Å². The van der Waals surface area contributed by atoms with Crippen LogP contribution in [-0.4, -0.2) is 18.3 Å². The molecule has 1 rings (SSSR count). The summed E-state index contributed by atoms with van der Waals surface area (Å²) in [5.41, 5.74) is 2.74. The minimum Gasteiger partial charge on any atom is -0.355 e. The van der Waals surface area contributed by atoms with Crippen molar-refractivity contribution in [2.45, 2.75) is 32.6 Å². The fourth-order valence-corrected chi connectivity index (χ4v) is 1.66. The van der Waals surface area contributed by atoms with Crippen LogP contribution in [0.15, 0.2) is 24.3 Å². The van der Waals surface area contributed by atoms with Crippen LogP contribution in [0.4, 0.5) is 0 Å². The van der Waals surface area contributed by atoms with Gasteiger partial charge in [-0.15, -0.1) is 11.6 Å². The van der Waals surface area contributed by atoms with Gasteiger partial charge in [0.2, 0.25) is 5.91 Å². The average molecular weight is 254 g/mol. The number of carbonyl (C=O) groups excluding carboxylic acids is 1. The Balaban J connectivity index is 2.49. The first-order chi connectivity index (χ1) is 7.93. The van der Waals surface area contributed by atoms with Gasteiger partial charge >= 0.3 is 0 Å². The van der Waals surface area contributed by atoms with Gasteiger partial charge in [-0.25, -0.2) is 0 Å². The summed E-state index contributed by atoms with van der Waals surface area (Å²) in [6.07, 6.45) is 0.840. The lowest BCUT2D eigenvalue weighted by atomic mass is 9.86. The number of benzene rings is 1. The van der Waals surface area contributed by atoms with Crippen LogP contribution < -0.4 is 5.32 Å². The van der Waals surface area contributed by atoms with E-state index in [1.165, 1.54) is 11.1 Å². The zero-order valence-electron chi connectivity index (χ0n) is 10.7. The molecule has 1 aromatic carbocycles. The van der Waals surface area contributed by atoms with Gasteiger partial charge < -0.3 is 5.32 Å². The lowest BCUT2D eigenvalue weighted by Gasteiger charge is -2.19. The molecule has 0 radical (unpaired) electrons. The highest BCUT2D eigenvalue weighted by molar-refractivity contribution is 6.27. The quantitative estimate of drug-likeness (QED) is 0.822. The van der Waals surface area contributed by atoms with Crippen molar-refractivity contribution in [2.24, 2.45) is 0 Å². The van der Waals surface area contributed by atoms with Gasteiger partial charge in [-0.3, -0.25) is 4.79 Å². The largest absolute Gasteiger partial charge is 0.355 e. The van der Waals surface area contributed by atoms with Crippen molar-refractivity contribution in [2.75, 3.05) is 12.4 Å². The highest BCUT2D eigenvalue weighted by Gasteiger charge is 2.12. The Kier molecular flexibility index (Phi) is 5.01. The molecule has 0 aliphatic carbocycles. The second-order valence-electron chi connectivity index (χ2n) is 5.18. The lowest BCUT2D eigenvalue weighted by Crippen LogP contribution is -2.26. The van der Waals surface area contributed by atoms with E-state index in [0.29, 0.717) is 6.54 Å². The Bertz CT molecular complexity index is 365. The van der Waals surface area contributed by atoms with E-state index in [9.17, 15) is 4.79 Å². The number of hydrogen-bond acceptors (Lipinski definition) is 1. The number of alkyl halides is 1. The molecule has 0 saturated heterocycles. The van der Waals surface area contributed by atoms with Crippen molar-refractivity contribution < 1.29 is 4.79 Å². The molecule has 0 aliphatic heterocycles. The molecular formula is C14H20ClNO. The molecule has 1 amide bonds. The van der Waals surface area contributed by atoms with Crippen LogP contribution in [-0.2, 0) is 16.6 Å². The summed E-state index contributed by atoms with van der Waals surface area (Å²) < 4.78 is 0. The first-order valence-corrected chi connectivity index (χ1v) is 6.39. The molecule has 0 fully saturated rings. The first kappa shape index (κ1) is 14.0. The highest BCUT2D eigenvalue weighted by atomic mass is 35.5. The fraction of sp³-hybridized carbons (Fsp3) is 0.500. The molecule has 0 saturated carbocycles. The summed E-state index contributed by atoms with van der Waals surface area (Å²) in [4.78, 5) is 10.9. The van der Waals surface area contributed by atoms with Crippen molar-refractivity contribution in [3.8, 4) is 0 Å². The number of amides is 1. The molecule has 0 aliphatic rings. The van der Waals surface area contributed by atoms with E-state index in [4.69, 9.17) is 11.6 Å². The second-order valence-corrected chi connectivity index (χ2v) is 5.45. The molecule has 0 bridgehead atoms. The molecule has 0 aromatic heterocycles. The van der Waals surface area contributed by atoms with Gasteiger partial charge in [0.1, 0.15) is 5.88 Å². The number of nitrogens with one attached hydrogen (secondary N) is 1. The Labute approximate surface area is 108 Å². The average Bonchev–Trinajstić information content (AvgIpc) is 2.28. The molecule has 0 unspecified atom stereocenters. The van der Waals surface area contributed by atoms with Crippen LogP contribution >= 0.6 is 11.6 Å². The van der Waals surface area contributed by atoms with E-state index in [1.54, 1.807) is 0 Å². The van der Waals surface area contributed by atoms with Crippen molar-refractivity contribution >= 4 is 17.5 Å². The smallest absolute Gasteiger partial charge is 0.234 e. The Morgan fingerprint density at radius 2 is 1.82 bits per heavy atom. The third-order valence-corrected chi connectivity index (χ3v) is 2.92. The molecule has 17 heavy (non-hydrogen) atoms.